The number of methoxy groups -OCH3 is 1. The van der Waals surface area contributed by atoms with Gasteiger partial charge in [-0.3, -0.25) is 4.90 Å². The van der Waals surface area contributed by atoms with Crippen molar-refractivity contribution in [1.82, 2.24) is 14.8 Å². The summed E-state index contributed by atoms with van der Waals surface area (Å²) < 4.78 is 34.5. The Labute approximate surface area is 240 Å². The van der Waals surface area contributed by atoms with E-state index < -0.39 is 23.6 Å². The maximum Gasteiger partial charge on any atom is 1.00 e. The topological polar surface area (TPSA) is 104 Å². The van der Waals surface area contributed by atoms with Gasteiger partial charge in [-0.25, -0.2) is 28.0 Å². The van der Waals surface area contributed by atoms with E-state index in [1.165, 1.54) is 34.8 Å². The second kappa shape index (κ2) is 13.4. The van der Waals surface area contributed by atoms with Gasteiger partial charge in [0.15, 0.2) is 0 Å². The fourth-order valence-corrected chi connectivity index (χ4v) is 4.33. The van der Waals surface area contributed by atoms with E-state index in [0.717, 1.165) is 6.92 Å². The summed E-state index contributed by atoms with van der Waals surface area (Å²) in [5.41, 5.74) is 1.54. The summed E-state index contributed by atoms with van der Waals surface area (Å²) >= 11 is 0. The SMILES string of the molecule is [CH2-]Cc1cc(C#N)ccc1[C@@H]1C(C(=O)OC)=C(C)N(c2cccc(C(C)(F)F)c2)c2n[nH]c(=O)n21.[CH3-].[CH3-].[CH3-].[Li+]. The molecule has 8 nitrogen and oxygen atoms in total. The summed E-state index contributed by atoms with van der Waals surface area (Å²) in [5.74, 6) is -3.69. The van der Waals surface area contributed by atoms with Gasteiger partial charge in [0.25, 0.3) is 5.92 Å². The zero-order valence-electron chi connectivity index (χ0n) is 23.3. The van der Waals surface area contributed by atoms with Crippen LogP contribution in [0.5, 0.6) is 0 Å². The Bertz CT molecular complexity index is 1450. The Balaban J connectivity index is 0.00000361. The number of anilines is 2. The van der Waals surface area contributed by atoms with Gasteiger partial charge < -0.3 is 33.9 Å². The number of ether oxygens (including phenoxy) is 1. The van der Waals surface area contributed by atoms with Crippen molar-refractivity contribution in [2.24, 2.45) is 0 Å². The molecule has 0 saturated heterocycles. The van der Waals surface area contributed by atoms with Crippen LogP contribution in [-0.2, 0) is 21.9 Å². The Morgan fingerprint density at radius 2 is 1.90 bits per heavy atom. The van der Waals surface area contributed by atoms with Gasteiger partial charge in [-0.2, -0.15) is 11.7 Å². The van der Waals surface area contributed by atoms with Gasteiger partial charge in [0.1, 0.15) is 6.04 Å². The van der Waals surface area contributed by atoms with E-state index in [2.05, 4.69) is 23.2 Å². The molecule has 1 aliphatic rings. The summed E-state index contributed by atoms with van der Waals surface area (Å²) in [6, 6.07) is 11.7. The smallest absolute Gasteiger partial charge is 0.466 e. The number of fused-ring (bicyclic) bond motifs is 1. The number of benzene rings is 2. The number of carbonyl (C=O) groups excluding carboxylic acids is 1. The van der Waals surface area contributed by atoms with Gasteiger partial charge in [-0.05, 0) is 36.8 Å². The van der Waals surface area contributed by atoms with Crippen LogP contribution in [0.3, 0.4) is 0 Å². The van der Waals surface area contributed by atoms with Crippen LogP contribution >= 0.6 is 0 Å². The number of carbonyl (C=O) groups is 1. The third kappa shape index (κ3) is 6.16. The minimum absolute atomic E-state index is 0. The van der Waals surface area contributed by atoms with E-state index in [4.69, 9.17) is 4.74 Å². The first-order valence-electron chi connectivity index (χ1n) is 10.7. The predicted molar refractivity (Wildman–Crippen MR) is 143 cm³/mol. The zero-order chi connectivity index (χ0) is 25.5. The number of hydrogen-bond acceptors (Lipinski definition) is 6. The molecule has 11 heteroatoms. The molecule has 1 N–H and O–H groups in total. The van der Waals surface area contributed by atoms with Gasteiger partial charge in [-0.1, -0.05) is 23.8 Å². The number of aromatic amines is 1. The molecule has 1 aliphatic heterocycles. The van der Waals surface area contributed by atoms with Gasteiger partial charge in [-0.15, -0.1) is 5.10 Å². The Morgan fingerprint density at radius 3 is 2.46 bits per heavy atom. The van der Waals surface area contributed by atoms with Crippen molar-refractivity contribution in [2.45, 2.75) is 32.2 Å². The third-order valence-corrected chi connectivity index (χ3v) is 6.00. The maximum absolute atomic E-state index is 14.1. The number of aromatic nitrogens is 3. The molecular formula is C28H31F2LiN5O3-3. The van der Waals surface area contributed by atoms with Crippen LogP contribution in [0, 0.1) is 40.5 Å². The van der Waals surface area contributed by atoms with E-state index in [-0.39, 0.29) is 64.6 Å². The first kappa shape index (κ1) is 35.3. The number of nitriles is 1. The van der Waals surface area contributed by atoms with Gasteiger partial charge in [0, 0.05) is 23.9 Å². The van der Waals surface area contributed by atoms with Crippen molar-refractivity contribution in [1.29, 1.82) is 5.26 Å². The Morgan fingerprint density at radius 1 is 1.23 bits per heavy atom. The molecule has 4 rings (SSSR count). The van der Waals surface area contributed by atoms with Crippen LogP contribution in [-0.4, -0.2) is 27.8 Å². The van der Waals surface area contributed by atoms with Crippen LogP contribution in [0.1, 0.15) is 42.1 Å². The maximum atomic E-state index is 14.1. The van der Waals surface area contributed by atoms with Crippen LogP contribution in [0.4, 0.5) is 20.4 Å². The summed E-state index contributed by atoms with van der Waals surface area (Å²) in [5, 5.41) is 15.9. The molecule has 0 spiro atoms. The molecule has 0 amide bonds. The van der Waals surface area contributed by atoms with E-state index >= 15 is 0 Å². The zero-order valence-corrected chi connectivity index (χ0v) is 23.3. The van der Waals surface area contributed by atoms with Gasteiger partial charge >= 0.3 is 30.5 Å². The van der Waals surface area contributed by atoms with Crippen LogP contribution in [0.25, 0.3) is 0 Å². The first-order chi connectivity index (χ1) is 16.6. The second-order valence-corrected chi connectivity index (χ2v) is 8.14. The molecule has 0 aliphatic carbocycles. The number of esters is 1. The predicted octanol–water partition coefficient (Wildman–Crippen LogP) is 2.47. The van der Waals surface area contributed by atoms with E-state index in [9.17, 15) is 23.6 Å². The van der Waals surface area contributed by atoms with Crippen molar-refractivity contribution in [3.63, 3.8) is 0 Å². The minimum atomic E-state index is -3.10. The Kier molecular flexibility index (Phi) is 12.2. The number of H-pyrrole nitrogens is 1. The monoisotopic (exact) mass is 530 g/mol. The average molecular weight is 531 g/mol. The quantitative estimate of drug-likeness (QED) is 0.309. The second-order valence-electron chi connectivity index (χ2n) is 8.14. The van der Waals surface area contributed by atoms with Gasteiger partial charge in [0.2, 0.25) is 5.95 Å². The molecule has 1 aromatic heterocycles. The normalized spacial score (nSPS) is 14.0. The van der Waals surface area contributed by atoms with Crippen LogP contribution in [0.2, 0.25) is 0 Å². The van der Waals surface area contributed by atoms with E-state index in [1.54, 1.807) is 31.2 Å². The Hall–Kier alpha value is -3.66. The molecule has 2 heterocycles. The standard InChI is InChI=1S/C25H22F2N5O3.3CH3.Li/c1-5-16-11-15(13-28)9-10-19(16)21-20(22(33)35-4)14(2)31(23-29-30-24(34)32(21)23)18-8-6-7-17(12-18)25(3,26)27;;;;/h6-12,21H,1,5H2,2-4H3,(H,30,34);3*1H3;/q4*-1;+1/t21-;;;;/m1..../s1. The molecule has 3 aromatic rings. The number of nitrogens with zero attached hydrogens (tertiary/aromatic N) is 4. The fourth-order valence-electron chi connectivity index (χ4n) is 4.33. The molecule has 1 atom stereocenters. The molecule has 0 saturated carbocycles. The number of allylic oxidation sites excluding steroid dienone is 1. The third-order valence-electron chi connectivity index (χ3n) is 6.00. The van der Waals surface area contributed by atoms with Gasteiger partial charge in [0.05, 0.1) is 24.3 Å². The summed E-state index contributed by atoms with van der Waals surface area (Å²) in [7, 11) is 1.22. The summed E-state index contributed by atoms with van der Waals surface area (Å²) in [6.45, 7) is 6.34. The summed E-state index contributed by atoms with van der Waals surface area (Å²) in [6.07, 6.45) is 0.286. The molecule has 0 bridgehead atoms. The van der Waals surface area contributed by atoms with Crippen LogP contribution < -0.4 is 29.5 Å². The van der Waals surface area contributed by atoms with Crippen molar-refractivity contribution in [3.05, 3.63) is 116 Å². The number of alkyl halides is 2. The minimum Gasteiger partial charge on any atom is -0.466 e. The molecule has 39 heavy (non-hydrogen) atoms. The number of halogens is 2. The number of hydrogen-bond donors (Lipinski definition) is 1. The molecule has 0 unspecified atom stereocenters. The van der Waals surface area contributed by atoms with Crippen LogP contribution in [0.15, 0.2) is 58.5 Å². The molecule has 0 fully saturated rings. The summed E-state index contributed by atoms with van der Waals surface area (Å²) in [4.78, 5) is 27.5. The number of nitrogens with one attached hydrogen (secondary N) is 1. The van der Waals surface area contributed by atoms with E-state index in [0.29, 0.717) is 28.1 Å². The van der Waals surface area contributed by atoms with Crippen molar-refractivity contribution in [3.8, 4) is 6.07 Å². The first-order valence-corrected chi connectivity index (χ1v) is 10.7. The molecule has 0 radical (unpaired) electrons. The number of rotatable bonds is 5. The molecular weight excluding hydrogens is 499 g/mol. The van der Waals surface area contributed by atoms with Crippen molar-refractivity contribution < 1.29 is 37.2 Å². The van der Waals surface area contributed by atoms with Crippen molar-refractivity contribution >= 4 is 17.6 Å². The average Bonchev–Trinajstić information content (AvgIpc) is 3.22. The van der Waals surface area contributed by atoms with E-state index in [1.807, 2.05) is 0 Å². The molecule has 2 aromatic carbocycles. The molecule has 204 valence electrons. The van der Waals surface area contributed by atoms with Crippen molar-refractivity contribution in [2.75, 3.05) is 12.0 Å². The largest absolute Gasteiger partial charge is 1.00 e. The fraction of sp³-hybridized carbons (Fsp3) is 0.214.